The summed E-state index contributed by atoms with van der Waals surface area (Å²) >= 11 is 0. The molecule has 7 nitrogen and oxygen atoms in total. The van der Waals surface area contributed by atoms with Crippen molar-refractivity contribution in [3.8, 4) is 0 Å². The molecular weight excluding hydrogens is 370 g/mol. The number of ether oxygens (including phenoxy) is 1. The van der Waals surface area contributed by atoms with Gasteiger partial charge in [-0.25, -0.2) is 0 Å². The minimum Gasteiger partial charge on any atom is -0.392 e. The van der Waals surface area contributed by atoms with Crippen LogP contribution >= 0.6 is 12.4 Å². The quantitative estimate of drug-likeness (QED) is 0.695. The second kappa shape index (κ2) is 9.50. The number of halogens is 1. The van der Waals surface area contributed by atoms with Crippen molar-refractivity contribution in [3.05, 3.63) is 35.4 Å². The van der Waals surface area contributed by atoms with Crippen LogP contribution in [0.2, 0.25) is 0 Å². The van der Waals surface area contributed by atoms with E-state index in [1.54, 1.807) is 12.1 Å². The van der Waals surface area contributed by atoms with E-state index in [2.05, 4.69) is 10.6 Å². The van der Waals surface area contributed by atoms with Crippen molar-refractivity contribution in [2.24, 2.45) is 0 Å². The van der Waals surface area contributed by atoms with E-state index in [-0.39, 0.29) is 42.5 Å². The number of nitrogens with one attached hydrogen (secondary N) is 2. The zero-order chi connectivity index (χ0) is 18.7. The molecule has 4 unspecified atom stereocenters. The first-order valence-electron chi connectivity index (χ1n) is 9.15. The molecule has 2 heterocycles. The summed E-state index contributed by atoms with van der Waals surface area (Å²) in [6.45, 7) is 5.99. The molecule has 8 heteroatoms. The Hall–Kier alpha value is -1.67. The van der Waals surface area contributed by atoms with Gasteiger partial charge < -0.3 is 25.4 Å². The SMILES string of the molecule is CC1CN(C(=O)c2ccc(CNC(=O)C3CC(O)CN3)cc2)CC(C)O1.Cl. The smallest absolute Gasteiger partial charge is 0.254 e. The second-order valence-electron chi connectivity index (χ2n) is 7.23. The molecular formula is C19H28ClN3O4. The molecule has 0 spiro atoms. The van der Waals surface area contributed by atoms with E-state index in [9.17, 15) is 14.7 Å². The van der Waals surface area contributed by atoms with E-state index in [4.69, 9.17) is 4.74 Å². The van der Waals surface area contributed by atoms with Gasteiger partial charge in [0, 0.05) is 31.7 Å². The Kier molecular flexibility index (Phi) is 7.61. The molecule has 2 aliphatic heterocycles. The van der Waals surface area contributed by atoms with Crippen molar-refractivity contribution in [2.45, 2.75) is 51.2 Å². The number of nitrogens with zero attached hydrogens (tertiary/aromatic N) is 1. The molecule has 4 atom stereocenters. The second-order valence-corrected chi connectivity index (χ2v) is 7.23. The first-order valence-corrected chi connectivity index (χ1v) is 9.15. The van der Waals surface area contributed by atoms with Crippen molar-refractivity contribution in [1.29, 1.82) is 0 Å². The fraction of sp³-hybridized carbons (Fsp3) is 0.579. The largest absolute Gasteiger partial charge is 0.392 e. The van der Waals surface area contributed by atoms with Crippen LogP contribution in [-0.2, 0) is 16.1 Å². The molecule has 0 bridgehead atoms. The lowest BCUT2D eigenvalue weighted by molar-refractivity contribution is -0.123. The Bertz CT molecular complexity index is 645. The number of carbonyl (C=O) groups excluding carboxylic acids is 2. The molecule has 0 saturated carbocycles. The molecule has 1 aromatic rings. The van der Waals surface area contributed by atoms with Gasteiger partial charge in [0.25, 0.3) is 5.91 Å². The van der Waals surface area contributed by atoms with E-state index < -0.39 is 6.10 Å². The van der Waals surface area contributed by atoms with Crippen LogP contribution in [0.5, 0.6) is 0 Å². The van der Waals surface area contributed by atoms with E-state index in [1.807, 2.05) is 30.9 Å². The van der Waals surface area contributed by atoms with Crippen LogP contribution < -0.4 is 10.6 Å². The summed E-state index contributed by atoms with van der Waals surface area (Å²) in [4.78, 5) is 26.5. The standard InChI is InChI=1S/C19H27N3O4.ClH/c1-12-10-22(11-13(2)26-12)19(25)15-5-3-14(4-6-15)8-21-18(24)17-7-16(23)9-20-17;/h3-6,12-13,16-17,20,23H,7-11H2,1-2H3,(H,21,24);1H. The highest BCUT2D eigenvalue weighted by Crippen LogP contribution is 2.15. The van der Waals surface area contributed by atoms with Crippen LogP contribution in [0, 0.1) is 0 Å². The number of morpholine rings is 1. The van der Waals surface area contributed by atoms with E-state index in [1.165, 1.54) is 0 Å². The van der Waals surface area contributed by atoms with Crippen LogP contribution in [-0.4, -0.2) is 65.8 Å². The number of β-amino-alcohol motifs (C(OH)–C–C–N with tert-alkyl or cyclic N) is 1. The van der Waals surface area contributed by atoms with Gasteiger partial charge in [-0.05, 0) is 38.0 Å². The predicted octanol–water partition coefficient (Wildman–Crippen LogP) is 0.697. The molecule has 0 radical (unpaired) electrons. The summed E-state index contributed by atoms with van der Waals surface area (Å²) in [5.41, 5.74) is 1.57. The van der Waals surface area contributed by atoms with Crippen molar-refractivity contribution in [1.82, 2.24) is 15.5 Å². The van der Waals surface area contributed by atoms with Gasteiger partial charge in [-0.2, -0.15) is 0 Å². The van der Waals surface area contributed by atoms with Gasteiger partial charge in [0.2, 0.25) is 5.91 Å². The van der Waals surface area contributed by atoms with Crippen LogP contribution in [0.3, 0.4) is 0 Å². The van der Waals surface area contributed by atoms with Crippen molar-refractivity contribution in [2.75, 3.05) is 19.6 Å². The molecule has 0 aliphatic carbocycles. The molecule has 2 saturated heterocycles. The lowest BCUT2D eigenvalue weighted by Crippen LogP contribution is -2.48. The fourth-order valence-electron chi connectivity index (χ4n) is 3.52. The van der Waals surface area contributed by atoms with Gasteiger partial charge in [0.1, 0.15) is 0 Å². The highest BCUT2D eigenvalue weighted by molar-refractivity contribution is 5.94. The third kappa shape index (κ3) is 5.65. The van der Waals surface area contributed by atoms with Crippen molar-refractivity contribution >= 4 is 24.2 Å². The van der Waals surface area contributed by atoms with Crippen LogP contribution in [0.1, 0.15) is 36.2 Å². The number of benzene rings is 1. The predicted molar refractivity (Wildman–Crippen MR) is 104 cm³/mol. The number of aliphatic hydroxyl groups excluding tert-OH is 1. The molecule has 0 aromatic heterocycles. The molecule has 150 valence electrons. The molecule has 3 N–H and O–H groups in total. The lowest BCUT2D eigenvalue weighted by Gasteiger charge is -2.35. The number of carbonyl (C=O) groups is 2. The Morgan fingerprint density at radius 1 is 1.22 bits per heavy atom. The monoisotopic (exact) mass is 397 g/mol. The maximum Gasteiger partial charge on any atom is 0.254 e. The Labute approximate surface area is 165 Å². The van der Waals surface area contributed by atoms with Gasteiger partial charge in [-0.15, -0.1) is 12.4 Å². The lowest BCUT2D eigenvalue weighted by atomic mass is 10.1. The number of rotatable bonds is 4. The summed E-state index contributed by atoms with van der Waals surface area (Å²) in [7, 11) is 0. The Morgan fingerprint density at radius 3 is 2.41 bits per heavy atom. The number of hydrogen-bond acceptors (Lipinski definition) is 5. The minimum atomic E-state index is -0.457. The maximum atomic E-state index is 12.6. The first-order chi connectivity index (χ1) is 12.4. The van der Waals surface area contributed by atoms with E-state index in [0.717, 1.165) is 5.56 Å². The fourth-order valence-corrected chi connectivity index (χ4v) is 3.52. The summed E-state index contributed by atoms with van der Waals surface area (Å²) < 4.78 is 5.67. The van der Waals surface area contributed by atoms with Gasteiger partial charge in [0.15, 0.2) is 0 Å². The topological polar surface area (TPSA) is 90.9 Å². The Balaban J connectivity index is 0.00000261. The number of aliphatic hydroxyl groups is 1. The van der Waals surface area contributed by atoms with E-state index >= 15 is 0 Å². The minimum absolute atomic E-state index is 0. The molecule has 1 aromatic carbocycles. The third-order valence-corrected chi connectivity index (χ3v) is 4.80. The third-order valence-electron chi connectivity index (χ3n) is 4.80. The molecule has 3 rings (SSSR count). The van der Waals surface area contributed by atoms with Gasteiger partial charge >= 0.3 is 0 Å². The normalized spacial score (nSPS) is 27.7. The maximum absolute atomic E-state index is 12.6. The van der Waals surface area contributed by atoms with Crippen LogP contribution in [0.15, 0.2) is 24.3 Å². The zero-order valence-corrected chi connectivity index (χ0v) is 16.5. The first kappa shape index (κ1) is 21.6. The molecule has 2 aliphatic rings. The summed E-state index contributed by atoms with van der Waals surface area (Å²) in [6, 6.07) is 6.98. The number of amides is 2. The van der Waals surface area contributed by atoms with Gasteiger partial charge in [-0.1, -0.05) is 12.1 Å². The van der Waals surface area contributed by atoms with Crippen LogP contribution in [0.25, 0.3) is 0 Å². The average Bonchev–Trinajstić information content (AvgIpc) is 3.05. The van der Waals surface area contributed by atoms with Crippen molar-refractivity contribution < 1.29 is 19.4 Å². The van der Waals surface area contributed by atoms with Gasteiger partial charge in [-0.3, -0.25) is 9.59 Å². The van der Waals surface area contributed by atoms with Crippen molar-refractivity contribution in [3.63, 3.8) is 0 Å². The molecule has 2 amide bonds. The van der Waals surface area contributed by atoms with E-state index in [0.29, 0.717) is 38.2 Å². The molecule has 27 heavy (non-hydrogen) atoms. The highest BCUT2D eigenvalue weighted by atomic mass is 35.5. The number of hydrogen-bond donors (Lipinski definition) is 3. The highest BCUT2D eigenvalue weighted by Gasteiger charge is 2.28. The summed E-state index contributed by atoms with van der Waals surface area (Å²) in [5, 5.41) is 15.3. The average molecular weight is 398 g/mol. The summed E-state index contributed by atoms with van der Waals surface area (Å²) in [6.07, 6.45) is 0.0665. The van der Waals surface area contributed by atoms with Crippen LogP contribution in [0.4, 0.5) is 0 Å². The van der Waals surface area contributed by atoms with Gasteiger partial charge in [0.05, 0.1) is 24.4 Å². The summed E-state index contributed by atoms with van der Waals surface area (Å²) in [5.74, 6) is -0.107. The molecule has 2 fully saturated rings. The Morgan fingerprint density at radius 2 is 1.85 bits per heavy atom. The zero-order valence-electron chi connectivity index (χ0n) is 15.7.